The van der Waals surface area contributed by atoms with Crippen molar-refractivity contribution in [2.45, 2.75) is 19.5 Å². The minimum Gasteiger partial charge on any atom is -0.167 e. The number of halogens is 3. The number of alkyl halides is 3. The summed E-state index contributed by atoms with van der Waals surface area (Å²) in [6.07, 6.45) is -2.93. The first-order valence-electron chi connectivity index (χ1n) is 2.51. The molecule has 0 fully saturated rings. The summed E-state index contributed by atoms with van der Waals surface area (Å²) in [5, 5.41) is 0. The largest absolute Gasteiger partial charge is 0.412 e. The summed E-state index contributed by atoms with van der Waals surface area (Å²) >= 11 is 0. The normalized spacial score (nSPS) is 14.1. The summed E-state index contributed by atoms with van der Waals surface area (Å²) < 4.78 is 34.6. The van der Waals surface area contributed by atoms with Crippen molar-refractivity contribution >= 4 is 0 Å². The lowest BCUT2D eigenvalue weighted by Crippen LogP contribution is -2.08. The Kier molecular flexibility index (Phi) is 2.74. The van der Waals surface area contributed by atoms with Gasteiger partial charge >= 0.3 is 6.18 Å². The average molecular weight is 137 g/mol. The van der Waals surface area contributed by atoms with E-state index in [1.165, 1.54) is 0 Å². The van der Waals surface area contributed by atoms with E-state index in [-0.39, 0.29) is 6.42 Å². The summed E-state index contributed by atoms with van der Waals surface area (Å²) in [5.74, 6) is 0. The second-order valence-electron chi connectivity index (χ2n) is 1.67. The molecule has 0 saturated heterocycles. The third kappa shape index (κ3) is 3.16. The molecule has 0 atom stereocenters. The maximum absolute atomic E-state index is 11.5. The molecule has 0 amide bonds. The van der Waals surface area contributed by atoms with E-state index >= 15 is 0 Å². The highest BCUT2D eigenvalue weighted by Crippen LogP contribution is 2.24. The molecule has 0 aromatic heterocycles. The number of rotatable bonds is 1. The Balaban J connectivity index is 4.03. The van der Waals surface area contributed by atoms with Gasteiger partial charge in [-0.25, -0.2) is 0 Å². The van der Waals surface area contributed by atoms with Gasteiger partial charge in [-0.2, -0.15) is 13.2 Å². The van der Waals surface area contributed by atoms with Gasteiger partial charge in [0.1, 0.15) is 0 Å². The summed E-state index contributed by atoms with van der Waals surface area (Å²) in [6.45, 7) is 4.30. The van der Waals surface area contributed by atoms with Gasteiger partial charge in [-0.1, -0.05) is 6.08 Å². The number of hydrogen-bond acceptors (Lipinski definition) is 0. The summed E-state index contributed by atoms with van der Waals surface area (Å²) in [4.78, 5) is 0. The van der Waals surface area contributed by atoms with Gasteiger partial charge in [0.15, 0.2) is 0 Å². The van der Waals surface area contributed by atoms with Crippen molar-refractivity contribution in [1.82, 2.24) is 0 Å². The highest BCUT2D eigenvalue weighted by atomic mass is 19.4. The molecule has 53 valence electrons. The maximum Gasteiger partial charge on any atom is 0.412 e. The molecule has 0 heterocycles. The molecule has 3 heteroatoms. The fraction of sp³-hybridized carbons (Fsp3) is 0.500. The van der Waals surface area contributed by atoms with Crippen LogP contribution >= 0.6 is 0 Å². The molecule has 0 aliphatic rings. The molecule has 0 aliphatic heterocycles. The second kappa shape index (κ2) is 2.90. The summed E-state index contributed by atoms with van der Waals surface area (Å²) in [5.41, 5.74) is -0.572. The molecular weight excluding hydrogens is 129 g/mol. The Morgan fingerprint density at radius 1 is 1.56 bits per heavy atom. The van der Waals surface area contributed by atoms with Gasteiger partial charge in [0.05, 0.1) is 0 Å². The van der Waals surface area contributed by atoms with E-state index in [1.54, 1.807) is 0 Å². The lowest BCUT2D eigenvalue weighted by molar-refractivity contribution is -0.0915. The highest BCUT2D eigenvalue weighted by Gasteiger charge is 2.28. The van der Waals surface area contributed by atoms with Gasteiger partial charge in [-0.05, 0) is 20.3 Å². The predicted molar refractivity (Wildman–Crippen MR) is 29.8 cm³/mol. The number of allylic oxidation sites excluding steroid dienone is 2. The average Bonchev–Trinajstić information content (AvgIpc) is 1.64. The van der Waals surface area contributed by atoms with Gasteiger partial charge in [-0.15, -0.1) is 0 Å². The zero-order valence-electron chi connectivity index (χ0n) is 5.13. The van der Waals surface area contributed by atoms with Crippen molar-refractivity contribution in [3.05, 3.63) is 18.6 Å². The van der Waals surface area contributed by atoms with Crippen LogP contribution in [0.2, 0.25) is 0 Å². The number of hydrogen-bond donors (Lipinski definition) is 0. The second-order valence-corrected chi connectivity index (χ2v) is 1.67. The molecule has 0 nitrogen and oxygen atoms in total. The molecule has 0 bridgehead atoms. The first kappa shape index (κ1) is 8.53. The first-order chi connectivity index (χ1) is 3.98. The van der Waals surface area contributed by atoms with Crippen LogP contribution in [0.5, 0.6) is 0 Å². The SMILES string of the molecule is [CH2]C/C=C(/C)C(F)(F)F. The van der Waals surface area contributed by atoms with Crippen molar-refractivity contribution in [3.63, 3.8) is 0 Å². The van der Waals surface area contributed by atoms with Crippen LogP contribution in [0.15, 0.2) is 11.6 Å². The summed E-state index contributed by atoms with van der Waals surface area (Å²) in [6, 6.07) is 0. The van der Waals surface area contributed by atoms with Gasteiger partial charge in [0, 0.05) is 5.57 Å². The molecule has 0 unspecified atom stereocenters. The topological polar surface area (TPSA) is 0 Å². The molecule has 0 N–H and O–H groups in total. The highest BCUT2D eigenvalue weighted by molar-refractivity contribution is 5.04. The van der Waals surface area contributed by atoms with Crippen molar-refractivity contribution in [3.8, 4) is 0 Å². The van der Waals surface area contributed by atoms with Crippen molar-refractivity contribution in [1.29, 1.82) is 0 Å². The zero-order chi connectivity index (χ0) is 7.49. The third-order valence-electron chi connectivity index (χ3n) is 0.898. The Labute approximate surface area is 52.4 Å². The molecule has 0 aromatic rings. The predicted octanol–water partition coefficient (Wildman–Crippen LogP) is 2.72. The van der Waals surface area contributed by atoms with E-state index in [0.717, 1.165) is 13.0 Å². The van der Waals surface area contributed by atoms with Gasteiger partial charge < -0.3 is 0 Å². The third-order valence-corrected chi connectivity index (χ3v) is 0.898. The van der Waals surface area contributed by atoms with Crippen molar-refractivity contribution in [2.75, 3.05) is 0 Å². The van der Waals surface area contributed by atoms with E-state index in [2.05, 4.69) is 6.92 Å². The van der Waals surface area contributed by atoms with E-state index in [9.17, 15) is 13.2 Å². The Morgan fingerprint density at radius 2 is 2.00 bits per heavy atom. The molecule has 9 heavy (non-hydrogen) atoms. The van der Waals surface area contributed by atoms with Crippen LogP contribution in [-0.2, 0) is 0 Å². The monoisotopic (exact) mass is 137 g/mol. The standard InChI is InChI=1S/C6H8F3/c1-3-4-5(2)6(7,8)9/h4H,1,3H2,2H3/b5-4-. The Bertz CT molecular complexity index is 110. The van der Waals surface area contributed by atoms with Crippen LogP contribution in [0.1, 0.15) is 13.3 Å². The first-order valence-corrected chi connectivity index (χ1v) is 2.51. The van der Waals surface area contributed by atoms with Crippen LogP contribution in [0.3, 0.4) is 0 Å². The summed E-state index contributed by atoms with van der Waals surface area (Å²) in [7, 11) is 0. The van der Waals surface area contributed by atoms with Crippen LogP contribution < -0.4 is 0 Å². The Morgan fingerprint density at radius 3 is 2.11 bits per heavy atom. The molecule has 0 aliphatic carbocycles. The van der Waals surface area contributed by atoms with Crippen molar-refractivity contribution in [2.24, 2.45) is 0 Å². The molecule has 0 aromatic carbocycles. The van der Waals surface area contributed by atoms with Gasteiger partial charge in [0.2, 0.25) is 0 Å². The van der Waals surface area contributed by atoms with E-state index in [4.69, 9.17) is 0 Å². The van der Waals surface area contributed by atoms with E-state index in [1.807, 2.05) is 0 Å². The smallest absolute Gasteiger partial charge is 0.167 e. The lowest BCUT2D eigenvalue weighted by atomic mass is 10.2. The molecule has 0 saturated carbocycles. The molecule has 1 radical (unpaired) electrons. The quantitative estimate of drug-likeness (QED) is 0.487. The van der Waals surface area contributed by atoms with Crippen LogP contribution in [0.25, 0.3) is 0 Å². The van der Waals surface area contributed by atoms with E-state index < -0.39 is 11.7 Å². The van der Waals surface area contributed by atoms with Gasteiger partial charge in [-0.3, -0.25) is 0 Å². The van der Waals surface area contributed by atoms with Crippen LogP contribution in [0.4, 0.5) is 13.2 Å². The molecule has 0 spiro atoms. The van der Waals surface area contributed by atoms with Gasteiger partial charge in [0.25, 0.3) is 0 Å². The fourth-order valence-electron chi connectivity index (χ4n) is 0.332. The minimum absolute atomic E-state index is 0.186. The zero-order valence-corrected chi connectivity index (χ0v) is 5.13. The molecule has 0 rings (SSSR count). The maximum atomic E-state index is 11.5. The van der Waals surface area contributed by atoms with Crippen molar-refractivity contribution < 1.29 is 13.2 Å². The van der Waals surface area contributed by atoms with Crippen LogP contribution in [0, 0.1) is 6.92 Å². The Hall–Kier alpha value is -0.470. The van der Waals surface area contributed by atoms with E-state index in [0.29, 0.717) is 0 Å². The van der Waals surface area contributed by atoms with Crippen LogP contribution in [-0.4, -0.2) is 6.18 Å². The molecular formula is C6H8F3. The lowest BCUT2D eigenvalue weighted by Gasteiger charge is -2.04. The fourth-order valence-corrected chi connectivity index (χ4v) is 0.332. The minimum atomic E-state index is -4.17.